The van der Waals surface area contributed by atoms with Gasteiger partial charge in [-0.3, -0.25) is 29.3 Å². The lowest BCUT2D eigenvalue weighted by Gasteiger charge is -2.35. The van der Waals surface area contributed by atoms with Gasteiger partial charge in [-0.05, 0) is 106 Å². The molecular formula is C51H62F6N4O15S. The molecule has 19 nitrogen and oxygen atoms in total. The van der Waals surface area contributed by atoms with Crippen molar-refractivity contribution in [3.63, 3.8) is 0 Å². The van der Waals surface area contributed by atoms with Crippen molar-refractivity contribution in [2.75, 3.05) is 13.7 Å². The first kappa shape index (κ1) is 61.3. The van der Waals surface area contributed by atoms with E-state index in [2.05, 4.69) is 21.0 Å². The maximum atomic E-state index is 14.6. The van der Waals surface area contributed by atoms with Gasteiger partial charge in [0, 0.05) is 36.6 Å². The normalized spacial score (nSPS) is 20.6. The van der Waals surface area contributed by atoms with Crippen molar-refractivity contribution >= 4 is 56.5 Å². The predicted molar refractivity (Wildman–Crippen MR) is 262 cm³/mol. The number of non-ortho nitro benzene ring substituents is 1. The van der Waals surface area contributed by atoms with E-state index >= 15 is 0 Å². The smallest absolute Gasteiger partial charge is 0.497 e. The van der Waals surface area contributed by atoms with Gasteiger partial charge in [0.15, 0.2) is 5.78 Å². The van der Waals surface area contributed by atoms with Crippen LogP contribution in [0.4, 0.5) is 36.8 Å². The van der Waals surface area contributed by atoms with Crippen molar-refractivity contribution in [2.24, 2.45) is 22.7 Å². The summed E-state index contributed by atoms with van der Waals surface area (Å²) in [4.78, 5) is 82.3. The van der Waals surface area contributed by atoms with Gasteiger partial charge in [-0.15, -0.1) is 6.58 Å². The Balaban J connectivity index is 0.000000459. The fourth-order valence-electron chi connectivity index (χ4n) is 8.53. The Morgan fingerprint density at radius 1 is 0.922 bits per heavy atom. The number of halogens is 6. The Kier molecular flexibility index (Phi) is 18.1. The molecule has 2 amide bonds. The van der Waals surface area contributed by atoms with Crippen LogP contribution in [0, 0.1) is 32.8 Å². The lowest BCUT2D eigenvalue weighted by atomic mass is 9.77. The molecule has 1 aromatic heterocycles. The van der Waals surface area contributed by atoms with Crippen LogP contribution in [-0.2, 0) is 43.1 Å². The van der Waals surface area contributed by atoms with E-state index in [1.807, 2.05) is 11.6 Å². The number of ether oxygens (including phenoxy) is 5. The van der Waals surface area contributed by atoms with E-state index in [1.165, 1.54) is 24.3 Å². The molecule has 0 bridgehead atoms. The molecule has 3 aromatic rings. The molecule has 1 N–H and O–H groups in total. The molecule has 1 aliphatic heterocycles. The zero-order valence-corrected chi connectivity index (χ0v) is 44.6. The lowest BCUT2D eigenvalue weighted by Crippen LogP contribution is -2.49. The number of allylic oxidation sites excluding steroid dienone is 1. The summed E-state index contributed by atoms with van der Waals surface area (Å²) in [7, 11) is -3.01. The molecule has 26 heteroatoms. The molecule has 424 valence electrons. The molecule has 2 saturated carbocycles. The molecular weight excluding hydrogens is 1050 g/mol. The number of methoxy groups -OCH3 is 1. The van der Waals surface area contributed by atoms with Gasteiger partial charge in [0.2, 0.25) is 28.9 Å². The van der Waals surface area contributed by atoms with Crippen LogP contribution in [-0.4, -0.2) is 108 Å². The highest BCUT2D eigenvalue weighted by atomic mass is 32.2. The zero-order chi connectivity index (χ0) is 57.9. The number of likely N-dealkylation sites (tertiary alicyclic amines) is 1. The molecule has 0 unspecified atom stereocenters. The van der Waals surface area contributed by atoms with Gasteiger partial charge in [0.25, 0.3) is 5.69 Å². The Labute approximate surface area is 440 Å². The van der Waals surface area contributed by atoms with Crippen molar-refractivity contribution in [3.05, 3.63) is 77.5 Å². The van der Waals surface area contributed by atoms with E-state index in [0.717, 1.165) is 29.7 Å². The third-order valence-corrected chi connectivity index (χ3v) is 14.6. The molecule has 0 spiro atoms. The predicted octanol–water partition coefficient (Wildman–Crippen LogP) is 9.84. The maximum Gasteiger partial charge on any atom is 0.514 e. The summed E-state index contributed by atoms with van der Waals surface area (Å²) >= 11 is 0. The van der Waals surface area contributed by atoms with Crippen LogP contribution in [0.25, 0.3) is 10.8 Å². The van der Waals surface area contributed by atoms with Crippen LogP contribution in [0.5, 0.6) is 17.4 Å². The first-order valence-electron chi connectivity index (χ1n) is 24.3. The Morgan fingerprint density at radius 2 is 1.52 bits per heavy atom. The van der Waals surface area contributed by atoms with Crippen LogP contribution < -0.4 is 18.9 Å². The van der Waals surface area contributed by atoms with Crippen LogP contribution in [0.3, 0.4) is 0 Å². The minimum atomic E-state index is -4.88. The van der Waals surface area contributed by atoms with Crippen molar-refractivity contribution in [3.8, 4) is 17.4 Å². The summed E-state index contributed by atoms with van der Waals surface area (Å²) in [6.07, 6.45) is -7.95. The topological polar surface area (TPSA) is 246 Å². The number of nitrogens with zero attached hydrogens (tertiary/aromatic N) is 3. The number of carbonyl (C=O) groups is 5. The average Bonchev–Trinajstić information content (AvgIpc) is 4.19. The van der Waals surface area contributed by atoms with Crippen LogP contribution >= 0.6 is 0 Å². The number of aromatic nitrogens is 1. The number of amides is 2. The van der Waals surface area contributed by atoms with Crippen LogP contribution in [0.15, 0.2) is 67.4 Å². The molecule has 3 fully saturated rings. The number of hydrogen-bond donors (Lipinski definition) is 1. The minimum absolute atomic E-state index is 0.0708. The Morgan fingerprint density at radius 3 is 2.04 bits per heavy atom. The number of nitrogens with one attached hydrogen (secondary N) is 1. The number of pyridine rings is 1. The van der Waals surface area contributed by atoms with E-state index in [-0.39, 0.29) is 36.7 Å². The summed E-state index contributed by atoms with van der Waals surface area (Å²) in [6.45, 7) is 13.2. The number of rotatable bonds is 20. The second kappa shape index (κ2) is 22.8. The summed E-state index contributed by atoms with van der Waals surface area (Å²) in [6, 6.07) is 9.99. The van der Waals surface area contributed by atoms with E-state index in [0.29, 0.717) is 64.5 Å². The monoisotopic (exact) mass is 1120 g/mol. The first-order chi connectivity index (χ1) is 35.4. The highest BCUT2D eigenvalue weighted by Crippen LogP contribution is 2.57. The minimum Gasteiger partial charge on any atom is -0.497 e. The van der Waals surface area contributed by atoms with Crippen LogP contribution in [0.1, 0.15) is 107 Å². The van der Waals surface area contributed by atoms with Gasteiger partial charge in [-0.25, -0.2) is 18.7 Å². The highest BCUT2D eigenvalue weighted by molar-refractivity contribution is 7.85. The standard InChI is InChI=1S/C40H52F3N3O10S.C11H10F3NO5/c1-9-14-38(15-16-38)56-57(51,52)45-35(50)39(21-25(39)10-2)22-31(47)30-19-27(54-33-28-12-11-26(53-8)18-24(28)13-17-44-33)23-46(30)34(49)29(36(3,4)5)20-32(48)55-37(6,7)40(41,42)43;1-10(2,11(12,13)14)20-9(16)19-8-5-3-7(4-6-8)15(17)18/h10-13,17-18,25,27,29-30H,2,9,14-16,19-23H2,1,3-8H3,(H,45,50);3-6H,1-2H3/t25-,27-,29-,30+,39-;/m1./s1. The van der Waals surface area contributed by atoms with Crippen molar-refractivity contribution in [2.45, 2.75) is 148 Å². The highest BCUT2D eigenvalue weighted by Gasteiger charge is 2.62. The first-order valence-corrected chi connectivity index (χ1v) is 25.7. The Bertz CT molecular complexity index is 2830. The summed E-state index contributed by atoms with van der Waals surface area (Å²) < 4.78 is 137. The van der Waals surface area contributed by atoms with Gasteiger partial charge >= 0.3 is 34.8 Å². The van der Waals surface area contributed by atoms with Gasteiger partial charge < -0.3 is 28.6 Å². The molecule has 1 saturated heterocycles. The van der Waals surface area contributed by atoms with Gasteiger partial charge in [0.05, 0.1) is 48.0 Å². The number of nitro benzene ring substituents is 1. The van der Waals surface area contributed by atoms with E-state index in [4.69, 9.17) is 18.4 Å². The summed E-state index contributed by atoms with van der Waals surface area (Å²) in [5.74, 6) is -4.66. The number of nitro groups is 1. The fraction of sp³-hybridized carbons (Fsp3) is 0.569. The average molecular weight is 1120 g/mol. The molecule has 2 aromatic carbocycles. The molecule has 0 radical (unpaired) electrons. The summed E-state index contributed by atoms with van der Waals surface area (Å²) in [5, 5.41) is 11.7. The number of hydrogen-bond acceptors (Lipinski definition) is 16. The second-order valence-electron chi connectivity index (χ2n) is 21.3. The van der Waals surface area contributed by atoms with E-state index in [9.17, 15) is 68.8 Å². The number of fused-ring (bicyclic) bond motifs is 1. The lowest BCUT2D eigenvalue weighted by molar-refractivity contribution is -0.384. The van der Waals surface area contributed by atoms with Crippen molar-refractivity contribution in [1.82, 2.24) is 14.6 Å². The van der Waals surface area contributed by atoms with Crippen molar-refractivity contribution in [1.29, 1.82) is 0 Å². The van der Waals surface area contributed by atoms with E-state index < -0.39 is 122 Å². The number of esters is 1. The molecule has 6 rings (SSSR count). The van der Waals surface area contributed by atoms with E-state index in [1.54, 1.807) is 45.0 Å². The molecule has 5 atom stereocenters. The quantitative estimate of drug-likeness (QED) is 0.0276. The van der Waals surface area contributed by atoms with Crippen molar-refractivity contribution < 1.29 is 91.5 Å². The number of carbonyl (C=O) groups excluding carboxylic acids is 5. The number of benzene rings is 2. The summed E-state index contributed by atoms with van der Waals surface area (Å²) in [5.41, 5.74) is -9.15. The Hall–Kier alpha value is -6.57. The second-order valence-corrected chi connectivity index (χ2v) is 22.5. The third-order valence-electron chi connectivity index (χ3n) is 13.5. The number of Topliss-reactive ketones (excluding diaryl/α,β-unsaturated/α-hetero) is 1. The largest absolute Gasteiger partial charge is 0.514 e. The zero-order valence-electron chi connectivity index (χ0n) is 43.8. The van der Waals surface area contributed by atoms with Gasteiger partial charge in [-0.2, -0.15) is 34.8 Å². The van der Waals surface area contributed by atoms with Crippen LogP contribution in [0.2, 0.25) is 0 Å². The molecule has 2 aliphatic carbocycles. The molecule has 2 heterocycles. The SMILES string of the molecule is C=C[C@@H]1C[C@]1(CC(=O)[C@@H]1C[C@@H](Oc2nccc3cc(OC)ccc23)CN1C(=O)[C@@H](CC(=O)OC(C)(C)C(F)(F)F)C(C)(C)C)C(=O)NS(=O)(=O)OC1(CCC)CC1.CC(C)(OC(=O)Oc1ccc([N+](=O)[O-])cc1)C(F)(F)F. The third kappa shape index (κ3) is 15.1. The molecule has 77 heavy (non-hydrogen) atoms. The fourth-order valence-corrected chi connectivity index (χ4v) is 9.71. The maximum absolute atomic E-state index is 14.6. The number of ketones is 1. The van der Waals surface area contributed by atoms with Gasteiger partial charge in [0.1, 0.15) is 17.6 Å². The number of alkyl halides is 6. The molecule has 3 aliphatic rings. The van der Waals surface area contributed by atoms with Gasteiger partial charge in [-0.1, -0.05) is 40.2 Å².